The van der Waals surface area contributed by atoms with Gasteiger partial charge >= 0.3 is 5.97 Å². The van der Waals surface area contributed by atoms with Crippen LogP contribution in [0.5, 0.6) is 0 Å². The van der Waals surface area contributed by atoms with Gasteiger partial charge in [-0.25, -0.2) is 0 Å². The molecular weight excluding hydrogens is 244 g/mol. The number of carbonyl (C=O) groups excluding carboxylic acids is 1. The van der Waals surface area contributed by atoms with Gasteiger partial charge < -0.3 is 10.0 Å². The van der Waals surface area contributed by atoms with Crippen LogP contribution >= 0.6 is 0 Å². The summed E-state index contributed by atoms with van der Waals surface area (Å²) in [5.41, 5.74) is -0.200. The van der Waals surface area contributed by atoms with Gasteiger partial charge in [-0.3, -0.25) is 14.5 Å². The van der Waals surface area contributed by atoms with Gasteiger partial charge in [-0.05, 0) is 40.5 Å². The molecule has 0 atom stereocenters. The molecule has 0 bridgehead atoms. The van der Waals surface area contributed by atoms with Gasteiger partial charge in [-0.1, -0.05) is 0 Å². The quantitative estimate of drug-likeness (QED) is 0.763. The normalized spacial score (nSPS) is 15.6. The van der Waals surface area contributed by atoms with Crippen molar-refractivity contribution in [3.05, 3.63) is 0 Å². The number of carboxylic acids is 1. The van der Waals surface area contributed by atoms with Crippen LogP contribution in [0, 0.1) is 0 Å². The van der Waals surface area contributed by atoms with E-state index in [1.165, 1.54) is 0 Å². The van der Waals surface area contributed by atoms with Crippen LogP contribution in [-0.2, 0) is 9.59 Å². The molecule has 5 heteroatoms. The van der Waals surface area contributed by atoms with E-state index in [1.54, 1.807) is 0 Å². The third-order valence-electron chi connectivity index (χ3n) is 3.52. The van der Waals surface area contributed by atoms with Crippen LogP contribution in [0.1, 0.15) is 47.0 Å². The van der Waals surface area contributed by atoms with Crippen molar-refractivity contribution in [2.24, 2.45) is 0 Å². The van der Waals surface area contributed by atoms with E-state index in [4.69, 9.17) is 5.11 Å². The Hall–Kier alpha value is -1.10. The summed E-state index contributed by atoms with van der Waals surface area (Å²) >= 11 is 0. The lowest BCUT2D eigenvalue weighted by Gasteiger charge is -2.36. The van der Waals surface area contributed by atoms with Crippen molar-refractivity contribution in [3.8, 4) is 0 Å². The predicted octanol–water partition coefficient (Wildman–Crippen LogP) is 1.57. The Labute approximate surface area is 115 Å². The van der Waals surface area contributed by atoms with Crippen molar-refractivity contribution in [2.45, 2.75) is 58.5 Å². The molecule has 1 aliphatic rings. The molecular formula is C14H26N2O3. The van der Waals surface area contributed by atoms with Gasteiger partial charge in [0.25, 0.3) is 0 Å². The Morgan fingerprint density at radius 2 is 1.84 bits per heavy atom. The van der Waals surface area contributed by atoms with Gasteiger partial charge in [0.05, 0.1) is 13.0 Å². The Morgan fingerprint density at radius 3 is 2.21 bits per heavy atom. The van der Waals surface area contributed by atoms with Gasteiger partial charge in [0.1, 0.15) is 0 Å². The number of likely N-dealkylation sites (N-methyl/N-ethyl adjacent to an activating group) is 1. The Bertz CT molecular complexity index is 332. The van der Waals surface area contributed by atoms with E-state index in [9.17, 15) is 9.59 Å². The number of hydrogen-bond donors (Lipinski definition) is 1. The van der Waals surface area contributed by atoms with Crippen LogP contribution in [0.15, 0.2) is 0 Å². The van der Waals surface area contributed by atoms with Crippen molar-refractivity contribution in [3.63, 3.8) is 0 Å². The number of rotatable bonds is 7. The summed E-state index contributed by atoms with van der Waals surface area (Å²) in [4.78, 5) is 26.9. The molecule has 0 aromatic carbocycles. The number of carbonyl (C=O) groups is 2. The van der Waals surface area contributed by atoms with E-state index in [-0.39, 0.29) is 17.9 Å². The minimum Gasteiger partial charge on any atom is -0.481 e. The van der Waals surface area contributed by atoms with Crippen LogP contribution in [0.3, 0.4) is 0 Å². The van der Waals surface area contributed by atoms with Gasteiger partial charge in [0.15, 0.2) is 0 Å². The topological polar surface area (TPSA) is 60.9 Å². The summed E-state index contributed by atoms with van der Waals surface area (Å²) in [7, 11) is 0. The first-order valence-corrected chi connectivity index (χ1v) is 7.02. The van der Waals surface area contributed by atoms with E-state index >= 15 is 0 Å². The molecule has 0 heterocycles. The Kier molecular flexibility index (Phi) is 5.35. The van der Waals surface area contributed by atoms with Crippen LogP contribution in [0.4, 0.5) is 0 Å². The van der Waals surface area contributed by atoms with Crippen LogP contribution in [0.2, 0.25) is 0 Å². The highest BCUT2D eigenvalue weighted by molar-refractivity contribution is 5.79. The van der Waals surface area contributed by atoms with Gasteiger partial charge in [-0.2, -0.15) is 0 Å². The zero-order valence-corrected chi connectivity index (χ0v) is 12.5. The number of nitrogens with zero attached hydrogens (tertiary/aromatic N) is 2. The molecule has 0 spiro atoms. The molecule has 110 valence electrons. The molecule has 0 unspecified atom stereocenters. The smallest absolute Gasteiger partial charge is 0.304 e. The summed E-state index contributed by atoms with van der Waals surface area (Å²) in [6, 6.07) is 0.416. The molecule has 0 aromatic heterocycles. The lowest BCUT2D eigenvalue weighted by Crippen LogP contribution is -2.49. The molecule has 5 nitrogen and oxygen atoms in total. The Balaban J connectivity index is 2.60. The van der Waals surface area contributed by atoms with Gasteiger partial charge in [0, 0.05) is 24.7 Å². The lowest BCUT2D eigenvalue weighted by atomic mass is 10.1. The minimum atomic E-state index is -0.823. The first-order chi connectivity index (χ1) is 8.75. The van der Waals surface area contributed by atoms with E-state index in [2.05, 4.69) is 0 Å². The molecule has 1 rings (SSSR count). The van der Waals surface area contributed by atoms with Crippen molar-refractivity contribution in [1.82, 2.24) is 9.80 Å². The molecule has 0 aromatic rings. The van der Waals surface area contributed by atoms with Crippen LogP contribution in [0.25, 0.3) is 0 Å². The van der Waals surface area contributed by atoms with Crippen molar-refractivity contribution in [1.29, 1.82) is 0 Å². The van der Waals surface area contributed by atoms with Crippen LogP contribution in [-0.4, -0.2) is 58.0 Å². The molecule has 0 radical (unpaired) electrons. The van der Waals surface area contributed by atoms with Gasteiger partial charge in [0.2, 0.25) is 5.91 Å². The SMILES string of the molecule is CCN(C(=O)CN(CCC(=O)O)C(C)(C)C)C1CC1. The van der Waals surface area contributed by atoms with Crippen molar-refractivity contribution >= 4 is 11.9 Å². The zero-order valence-electron chi connectivity index (χ0n) is 12.5. The summed E-state index contributed by atoms with van der Waals surface area (Å²) in [6.45, 7) is 9.48. The summed E-state index contributed by atoms with van der Waals surface area (Å²) in [5.74, 6) is -0.707. The zero-order chi connectivity index (χ0) is 14.6. The largest absolute Gasteiger partial charge is 0.481 e. The lowest BCUT2D eigenvalue weighted by molar-refractivity contribution is -0.139. The molecule has 1 saturated carbocycles. The second kappa shape index (κ2) is 6.37. The van der Waals surface area contributed by atoms with E-state index in [0.717, 1.165) is 19.4 Å². The highest BCUT2D eigenvalue weighted by Gasteiger charge is 2.33. The molecule has 1 N–H and O–H groups in total. The van der Waals surface area contributed by atoms with E-state index in [1.807, 2.05) is 37.5 Å². The number of aliphatic carboxylic acids is 1. The maximum absolute atomic E-state index is 12.3. The average Bonchev–Trinajstić information content (AvgIpc) is 3.07. The summed E-state index contributed by atoms with van der Waals surface area (Å²) < 4.78 is 0. The molecule has 1 aliphatic carbocycles. The molecule has 19 heavy (non-hydrogen) atoms. The van der Waals surface area contributed by atoms with Crippen LogP contribution < -0.4 is 0 Å². The first kappa shape index (κ1) is 16.0. The summed E-state index contributed by atoms with van der Waals surface area (Å²) in [6.07, 6.45) is 2.27. The molecule has 1 fully saturated rings. The maximum atomic E-state index is 12.3. The summed E-state index contributed by atoms with van der Waals surface area (Å²) in [5, 5.41) is 8.79. The third-order valence-corrected chi connectivity index (χ3v) is 3.52. The third kappa shape index (κ3) is 5.19. The molecule has 0 saturated heterocycles. The monoisotopic (exact) mass is 270 g/mol. The van der Waals surface area contributed by atoms with E-state index < -0.39 is 5.97 Å². The fourth-order valence-corrected chi connectivity index (χ4v) is 2.16. The fourth-order valence-electron chi connectivity index (χ4n) is 2.16. The number of hydrogen-bond acceptors (Lipinski definition) is 3. The average molecular weight is 270 g/mol. The first-order valence-electron chi connectivity index (χ1n) is 7.02. The highest BCUT2D eigenvalue weighted by atomic mass is 16.4. The Morgan fingerprint density at radius 1 is 1.26 bits per heavy atom. The minimum absolute atomic E-state index is 0.0695. The maximum Gasteiger partial charge on any atom is 0.304 e. The second-order valence-electron chi connectivity index (χ2n) is 6.15. The highest BCUT2D eigenvalue weighted by Crippen LogP contribution is 2.27. The van der Waals surface area contributed by atoms with Gasteiger partial charge in [-0.15, -0.1) is 0 Å². The number of amides is 1. The van der Waals surface area contributed by atoms with Crippen molar-refractivity contribution < 1.29 is 14.7 Å². The number of carboxylic acid groups (broad SMARTS) is 1. The van der Waals surface area contributed by atoms with E-state index in [0.29, 0.717) is 19.1 Å². The van der Waals surface area contributed by atoms with Crippen molar-refractivity contribution in [2.75, 3.05) is 19.6 Å². The molecule has 0 aliphatic heterocycles. The predicted molar refractivity (Wildman–Crippen MR) is 74.0 cm³/mol. The fraction of sp³-hybridized carbons (Fsp3) is 0.857. The molecule has 1 amide bonds. The standard InChI is InChI=1S/C14H26N2O3/c1-5-16(11-6-7-11)12(17)10-15(14(2,3)4)9-8-13(18)19/h11H,5-10H2,1-4H3,(H,18,19). The second-order valence-corrected chi connectivity index (χ2v) is 6.15.